The molecule has 1 aliphatic rings. The zero-order valence-electron chi connectivity index (χ0n) is 31.2. The van der Waals surface area contributed by atoms with E-state index in [1.807, 2.05) is 58.8 Å². The molecule has 1 heterocycles. The number of quaternary nitrogens is 5. The first-order valence-electron chi connectivity index (χ1n) is 17.8. The van der Waals surface area contributed by atoms with Gasteiger partial charge in [0, 0.05) is 55.2 Å². The molecule has 0 spiro atoms. The molecular weight excluding hydrogens is 876 g/mol. The summed E-state index contributed by atoms with van der Waals surface area (Å²) in [6, 6.07) is 0. The highest BCUT2D eigenvalue weighted by atomic mass is 35.5. The van der Waals surface area contributed by atoms with E-state index in [1.165, 1.54) is 0 Å². The first kappa shape index (κ1) is 63.9. The summed E-state index contributed by atoms with van der Waals surface area (Å²) in [5.41, 5.74) is 19.8. The lowest BCUT2D eigenvalue weighted by molar-refractivity contribution is -0.360. The lowest BCUT2D eigenvalue weighted by Gasteiger charge is -2.46. The van der Waals surface area contributed by atoms with Crippen LogP contribution in [0.3, 0.4) is 0 Å². The molecule has 0 bridgehead atoms. The average molecular weight is 949 g/mol. The van der Waals surface area contributed by atoms with Crippen molar-refractivity contribution in [2.75, 3.05) is 130 Å². The van der Waals surface area contributed by atoms with Gasteiger partial charge < -0.3 is 119 Å². The number of hydrogen-bond acceptors (Lipinski definition) is 11. The van der Waals surface area contributed by atoms with Gasteiger partial charge in [-0.1, -0.05) is 0 Å². The fourth-order valence-electron chi connectivity index (χ4n) is 4.70. The standard InChI is InChI=1S/C31H67N5O6S5.5ClH/c32-6-21-43-16-1-11-37-26-27-28(38-12-2-17-44-22-7-33)29(39-13-3-18-45-23-8-34)30(40-14-4-19-46-24-9-35)31(42-27)41-15-5-20-47-25-10-36;;;;;/h27-31H,1-26,32-36H2;5*1H/t27-,28-,29+,30-,31+;;;;;/m1...../s1. The number of ether oxygens (including phenoxy) is 6. The van der Waals surface area contributed by atoms with Crippen LogP contribution in [0.4, 0.5) is 0 Å². The molecule has 0 saturated carbocycles. The largest absolute Gasteiger partial charge is 1.00 e. The van der Waals surface area contributed by atoms with Crippen molar-refractivity contribution in [1.82, 2.24) is 0 Å². The van der Waals surface area contributed by atoms with Crippen molar-refractivity contribution in [3.63, 3.8) is 0 Å². The lowest BCUT2D eigenvalue weighted by Crippen LogP contribution is -3.00. The molecule has 0 radical (unpaired) electrons. The zero-order chi connectivity index (χ0) is 34.0. The van der Waals surface area contributed by atoms with Crippen LogP contribution in [0.25, 0.3) is 0 Å². The smallest absolute Gasteiger partial charge is 0.186 e. The van der Waals surface area contributed by atoms with Crippen LogP contribution in [0, 0.1) is 0 Å². The summed E-state index contributed by atoms with van der Waals surface area (Å²) in [7, 11) is 0. The molecule has 0 amide bonds. The van der Waals surface area contributed by atoms with E-state index in [0.29, 0.717) is 39.6 Å². The third-order valence-corrected chi connectivity index (χ3v) is 12.6. The van der Waals surface area contributed by atoms with Crippen LogP contribution in [-0.2, 0) is 28.4 Å². The maximum absolute atomic E-state index is 6.73. The molecular formula is C31H72Cl5N5O6S5. The zero-order valence-corrected chi connectivity index (χ0v) is 39.0. The van der Waals surface area contributed by atoms with Crippen LogP contribution in [0.5, 0.6) is 0 Å². The number of rotatable bonds is 36. The minimum absolute atomic E-state index is 0. The number of hydrogen-bond donors (Lipinski definition) is 5. The molecule has 1 saturated heterocycles. The van der Waals surface area contributed by atoms with E-state index < -0.39 is 6.29 Å². The van der Waals surface area contributed by atoms with E-state index in [-0.39, 0.29) is 86.5 Å². The van der Waals surface area contributed by atoms with Gasteiger partial charge in [-0.2, -0.15) is 58.8 Å². The normalized spacial score (nSPS) is 19.4. The van der Waals surface area contributed by atoms with Crippen molar-refractivity contribution < 1.29 is 119 Å². The summed E-state index contributed by atoms with van der Waals surface area (Å²) in [6.07, 6.45) is 2.99. The van der Waals surface area contributed by atoms with E-state index in [9.17, 15) is 0 Å². The van der Waals surface area contributed by atoms with Gasteiger partial charge in [-0.05, 0) is 60.9 Å². The second-order valence-corrected chi connectivity index (χ2v) is 17.2. The minimum atomic E-state index is -0.542. The summed E-state index contributed by atoms with van der Waals surface area (Å²) in [5.74, 6) is 10.6. The maximum Gasteiger partial charge on any atom is 0.186 e. The summed E-state index contributed by atoms with van der Waals surface area (Å²) in [4.78, 5) is 0. The molecule has 52 heavy (non-hydrogen) atoms. The van der Waals surface area contributed by atoms with Crippen molar-refractivity contribution in [3.05, 3.63) is 0 Å². The second kappa shape index (κ2) is 49.9. The Morgan fingerprint density at radius 1 is 0.385 bits per heavy atom. The Hall–Kier alpha value is 2.76. The Bertz CT molecular complexity index is 685. The van der Waals surface area contributed by atoms with Crippen LogP contribution >= 0.6 is 58.8 Å². The minimum Gasteiger partial charge on any atom is -1.00 e. The number of halogens is 5. The van der Waals surface area contributed by atoms with Crippen molar-refractivity contribution >= 4 is 58.8 Å². The quantitative estimate of drug-likeness (QED) is 0.0375. The highest BCUT2D eigenvalue weighted by Gasteiger charge is 2.48. The Balaban J connectivity index is -0.00000147. The van der Waals surface area contributed by atoms with Crippen molar-refractivity contribution in [1.29, 1.82) is 0 Å². The molecule has 5 atom stereocenters. The van der Waals surface area contributed by atoms with E-state index in [2.05, 4.69) is 28.7 Å². The van der Waals surface area contributed by atoms with Crippen LogP contribution < -0.4 is 90.7 Å². The van der Waals surface area contributed by atoms with Gasteiger partial charge in [0.15, 0.2) is 6.29 Å². The fraction of sp³-hybridized carbons (Fsp3) is 1.00. The third kappa shape index (κ3) is 34.8. The Labute approximate surface area is 367 Å². The average Bonchev–Trinajstić information content (AvgIpc) is 3.08. The highest BCUT2D eigenvalue weighted by molar-refractivity contribution is 8.00. The molecule has 11 nitrogen and oxygen atoms in total. The van der Waals surface area contributed by atoms with Gasteiger partial charge in [0.2, 0.25) is 0 Å². The molecule has 0 aliphatic carbocycles. The van der Waals surface area contributed by atoms with Crippen molar-refractivity contribution in [2.45, 2.75) is 62.8 Å². The predicted molar refractivity (Wildman–Crippen MR) is 203 cm³/mol. The molecule has 1 fully saturated rings. The van der Waals surface area contributed by atoms with Crippen LogP contribution in [0.2, 0.25) is 0 Å². The molecule has 0 aromatic rings. The fourth-order valence-corrected chi connectivity index (χ4v) is 8.35. The van der Waals surface area contributed by atoms with Gasteiger partial charge >= 0.3 is 0 Å². The van der Waals surface area contributed by atoms with Crippen molar-refractivity contribution in [3.8, 4) is 0 Å². The Kier molecular flexibility index (Phi) is 61.3. The first-order chi connectivity index (χ1) is 23.2. The van der Waals surface area contributed by atoms with E-state index in [0.717, 1.165) is 122 Å². The SMILES string of the molecule is [Cl-].[Cl-].[Cl-].[Cl-].[Cl-].[NH3+]CCSCCCOC[C@H]1O[C@H](OCCCSCC[NH3+])[C@H](OCCCSCC[NH3+])[C@@H](OCCCSCC[NH3+])[C@@H]1OCCCSCC[NH3+]. The van der Waals surface area contributed by atoms with Crippen LogP contribution in [0.15, 0.2) is 0 Å². The number of thioether (sulfide) groups is 5. The molecule has 0 unspecified atom stereocenters. The van der Waals surface area contributed by atoms with Crippen LogP contribution in [0.1, 0.15) is 32.1 Å². The highest BCUT2D eigenvalue weighted by Crippen LogP contribution is 2.30. The monoisotopic (exact) mass is 945 g/mol. The van der Waals surface area contributed by atoms with Crippen LogP contribution in [-0.4, -0.2) is 161 Å². The lowest BCUT2D eigenvalue weighted by atomic mass is 9.98. The molecule has 15 N–H and O–H groups in total. The van der Waals surface area contributed by atoms with Gasteiger partial charge in [0.25, 0.3) is 0 Å². The summed E-state index contributed by atoms with van der Waals surface area (Å²) < 4.78 is 39.4. The molecule has 21 heteroatoms. The summed E-state index contributed by atoms with van der Waals surface area (Å²) >= 11 is 9.63. The third-order valence-electron chi connectivity index (χ3n) is 6.84. The molecule has 0 aromatic heterocycles. The molecule has 1 aliphatic heterocycles. The predicted octanol–water partition coefficient (Wildman–Crippen LogP) is -16.3. The second-order valence-electron chi connectivity index (χ2n) is 11.1. The Morgan fingerprint density at radius 3 is 1.10 bits per heavy atom. The van der Waals surface area contributed by atoms with Gasteiger partial charge in [-0.15, -0.1) is 0 Å². The maximum atomic E-state index is 6.73. The van der Waals surface area contributed by atoms with Gasteiger partial charge in [-0.3, -0.25) is 0 Å². The van der Waals surface area contributed by atoms with E-state index in [4.69, 9.17) is 28.4 Å². The van der Waals surface area contributed by atoms with Gasteiger partial charge in [-0.25, -0.2) is 0 Å². The van der Waals surface area contributed by atoms with E-state index in [1.54, 1.807) is 0 Å². The topological polar surface area (TPSA) is 194 Å². The molecule has 1 rings (SSSR count). The van der Waals surface area contributed by atoms with Gasteiger partial charge in [0.05, 0.1) is 45.9 Å². The first-order valence-corrected chi connectivity index (χ1v) is 23.5. The summed E-state index contributed by atoms with van der Waals surface area (Å²) in [6.45, 7) is 8.36. The summed E-state index contributed by atoms with van der Waals surface area (Å²) in [5, 5.41) is 0. The van der Waals surface area contributed by atoms with Gasteiger partial charge in [0.1, 0.15) is 24.4 Å². The van der Waals surface area contributed by atoms with E-state index >= 15 is 0 Å². The Morgan fingerprint density at radius 2 is 0.712 bits per heavy atom. The molecule has 0 aromatic carbocycles. The van der Waals surface area contributed by atoms with Crippen molar-refractivity contribution in [2.24, 2.45) is 0 Å². The molecule has 322 valence electrons.